The zero-order chi connectivity index (χ0) is 23.0. The molecule has 0 unspecified atom stereocenters. The van der Waals surface area contributed by atoms with Crippen molar-refractivity contribution in [2.24, 2.45) is 0 Å². The quantitative estimate of drug-likeness (QED) is 0.408. The summed E-state index contributed by atoms with van der Waals surface area (Å²) in [6.07, 6.45) is 0. The Morgan fingerprint density at radius 2 is 1.64 bits per heavy atom. The van der Waals surface area contributed by atoms with Gasteiger partial charge >= 0.3 is 0 Å². The SMILES string of the molecule is O=C1CS[C@H](c2cccc(NS(=O)(=O)c3ccc4ccccc4c3)c2)N1c1ccc(F)cc1. The van der Waals surface area contributed by atoms with E-state index < -0.39 is 10.0 Å². The minimum absolute atomic E-state index is 0.0845. The summed E-state index contributed by atoms with van der Waals surface area (Å²) in [6, 6.07) is 25.3. The van der Waals surface area contributed by atoms with Crippen LogP contribution in [0, 0.1) is 5.82 Å². The van der Waals surface area contributed by atoms with E-state index >= 15 is 0 Å². The fourth-order valence-electron chi connectivity index (χ4n) is 3.86. The average molecular weight is 479 g/mol. The van der Waals surface area contributed by atoms with Crippen LogP contribution >= 0.6 is 11.8 Å². The van der Waals surface area contributed by atoms with E-state index in [1.165, 1.54) is 23.9 Å². The van der Waals surface area contributed by atoms with E-state index in [1.807, 2.05) is 30.3 Å². The summed E-state index contributed by atoms with van der Waals surface area (Å²) in [5.41, 5.74) is 1.77. The molecular formula is C25H19FN2O3S2. The van der Waals surface area contributed by atoms with Crippen LogP contribution in [0.15, 0.2) is 95.9 Å². The van der Waals surface area contributed by atoms with Gasteiger partial charge in [0.15, 0.2) is 0 Å². The number of rotatable bonds is 5. The minimum atomic E-state index is -3.81. The van der Waals surface area contributed by atoms with Crippen LogP contribution in [0.1, 0.15) is 10.9 Å². The zero-order valence-electron chi connectivity index (χ0n) is 17.3. The van der Waals surface area contributed by atoms with Gasteiger partial charge in [0.2, 0.25) is 5.91 Å². The molecule has 0 aliphatic carbocycles. The predicted octanol–water partition coefficient (Wildman–Crippen LogP) is 5.56. The number of amides is 1. The maximum atomic E-state index is 13.4. The standard InChI is InChI=1S/C25H19FN2O3S2/c26-20-9-11-22(12-10-20)28-24(29)16-32-25(28)19-6-3-7-21(14-19)27-33(30,31)23-13-8-17-4-1-2-5-18(17)15-23/h1-15,25,27H,16H2/t25-/m1/s1. The molecule has 0 radical (unpaired) electrons. The van der Waals surface area contributed by atoms with Gasteiger partial charge in [0, 0.05) is 11.4 Å². The minimum Gasteiger partial charge on any atom is -0.295 e. The number of carbonyl (C=O) groups is 1. The molecule has 1 heterocycles. The molecule has 166 valence electrons. The van der Waals surface area contributed by atoms with Gasteiger partial charge in [-0.1, -0.05) is 42.5 Å². The molecule has 1 aliphatic heterocycles. The van der Waals surface area contributed by atoms with Gasteiger partial charge in [0.05, 0.1) is 10.6 Å². The summed E-state index contributed by atoms with van der Waals surface area (Å²) in [4.78, 5) is 14.3. The van der Waals surface area contributed by atoms with Gasteiger partial charge in [-0.05, 0) is 64.9 Å². The van der Waals surface area contributed by atoms with Gasteiger partial charge < -0.3 is 0 Å². The summed E-state index contributed by atoms with van der Waals surface area (Å²) in [5.74, 6) is -0.173. The molecular weight excluding hydrogens is 459 g/mol. The molecule has 0 bridgehead atoms. The van der Waals surface area contributed by atoms with Gasteiger partial charge in [-0.25, -0.2) is 12.8 Å². The summed E-state index contributed by atoms with van der Waals surface area (Å²) in [6.45, 7) is 0. The van der Waals surface area contributed by atoms with Crippen LogP contribution in [0.2, 0.25) is 0 Å². The van der Waals surface area contributed by atoms with Crippen molar-refractivity contribution < 1.29 is 17.6 Å². The van der Waals surface area contributed by atoms with E-state index in [4.69, 9.17) is 0 Å². The van der Waals surface area contributed by atoms with Gasteiger partial charge in [-0.15, -0.1) is 11.8 Å². The molecule has 4 aromatic carbocycles. The number of carbonyl (C=O) groups excluding carboxylic acids is 1. The molecule has 1 saturated heterocycles. The first-order chi connectivity index (χ1) is 15.9. The number of hydrogen-bond donors (Lipinski definition) is 1. The highest BCUT2D eigenvalue weighted by Crippen LogP contribution is 2.42. The monoisotopic (exact) mass is 478 g/mol. The third-order valence-corrected chi connectivity index (χ3v) is 8.02. The highest BCUT2D eigenvalue weighted by molar-refractivity contribution is 8.00. The molecule has 8 heteroatoms. The van der Waals surface area contributed by atoms with Gasteiger partial charge in [0.25, 0.3) is 10.0 Å². The Morgan fingerprint density at radius 1 is 0.879 bits per heavy atom. The number of halogens is 1. The smallest absolute Gasteiger partial charge is 0.261 e. The van der Waals surface area contributed by atoms with Crippen molar-refractivity contribution in [3.8, 4) is 0 Å². The molecule has 1 atom stereocenters. The number of nitrogens with one attached hydrogen (secondary N) is 1. The van der Waals surface area contributed by atoms with E-state index in [2.05, 4.69) is 4.72 Å². The number of benzene rings is 4. The lowest BCUT2D eigenvalue weighted by molar-refractivity contribution is -0.115. The second-order valence-corrected chi connectivity index (χ2v) is 10.4. The Balaban J connectivity index is 1.43. The number of anilines is 2. The molecule has 0 spiro atoms. The molecule has 1 amide bonds. The van der Waals surface area contributed by atoms with Crippen LogP contribution in [0.25, 0.3) is 10.8 Å². The highest BCUT2D eigenvalue weighted by atomic mass is 32.2. The first-order valence-electron chi connectivity index (χ1n) is 10.2. The molecule has 0 aromatic heterocycles. The second kappa shape index (κ2) is 8.53. The van der Waals surface area contributed by atoms with Crippen molar-refractivity contribution >= 4 is 49.8 Å². The molecule has 1 aliphatic rings. The van der Waals surface area contributed by atoms with Crippen LogP contribution in [0.5, 0.6) is 0 Å². The van der Waals surface area contributed by atoms with Crippen LogP contribution in [-0.2, 0) is 14.8 Å². The highest BCUT2D eigenvalue weighted by Gasteiger charge is 2.34. The molecule has 4 aromatic rings. The van der Waals surface area contributed by atoms with E-state index in [9.17, 15) is 17.6 Å². The van der Waals surface area contributed by atoms with E-state index in [0.29, 0.717) is 11.4 Å². The molecule has 5 nitrogen and oxygen atoms in total. The van der Waals surface area contributed by atoms with E-state index in [1.54, 1.807) is 53.4 Å². The van der Waals surface area contributed by atoms with Gasteiger partial charge in [-0.2, -0.15) is 0 Å². The summed E-state index contributed by atoms with van der Waals surface area (Å²) in [7, 11) is -3.81. The van der Waals surface area contributed by atoms with Crippen molar-refractivity contribution in [1.82, 2.24) is 0 Å². The van der Waals surface area contributed by atoms with Crippen molar-refractivity contribution in [1.29, 1.82) is 0 Å². The van der Waals surface area contributed by atoms with Crippen molar-refractivity contribution in [3.63, 3.8) is 0 Å². The second-order valence-electron chi connectivity index (χ2n) is 7.64. The van der Waals surface area contributed by atoms with Gasteiger partial charge in [0.1, 0.15) is 11.2 Å². The lowest BCUT2D eigenvalue weighted by Gasteiger charge is -2.24. The van der Waals surface area contributed by atoms with Crippen LogP contribution < -0.4 is 9.62 Å². The summed E-state index contributed by atoms with van der Waals surface area (Å²) < 4.78 is 42.1. The summed E-state index contributed by atoms with van der Waals surface area (Å²) >= 11 is 1.44. The normalized spacial score (nSPS) is 16.3. The Kier molecular flexibility index (Phi) is 5.55. The fraction of sp³-hybridized carbons (Fsp3) is 0.0800. The lowest BCUT2D eigenvalue weighted by atomic mass is 10.1. The Hall–Kier alpha value is -3.36. The van der Waals surface area contributed by atoms with Crippen LogP contribution in [-0.4, -0.2) is 20.1 Å². The Labute approximate surface area is 195 Å². The Morgan fingerprint density at radius 3 is 2.42 bits per heavy atom. The number of hydrogen-bond acceptors (Lipinski definition) is 4. The number of fused-ring (bicyclic) bond motifs is 1. The zero-order valence-corrected chi connectivity index (χ0v) is 18.9. The summed E-state index contributed by atoms with van der Waals surface area (Å²) in [5, 5.41) is 1.46. The first-order valence-corrected chi connectivity index (χ1v) is 12.7. The van der Waals surface area contributed by atoms with Gasteiger partial charge in [-0.3, -0.25) is 14.4 Å². The molecule has 1 fully saturated rings. The maximum Gasteiger partial charge on any atom is 0.261 e. The number of sulfonamides is 1. The topological polar surface area (TPSA) is 66.5 Å². The van der Waals surface area contributed by atoms with Crippen molar-refractivity contribution in [2.75, 3.05) is 15.4 Å². The van der Waals surface area contributed by atoms with Crippen LogP contribution in [0.3, 0.4) is 0 Å². The number of thioether (sulfide) groups is 1. The first kappa shape index (κ1) is 21.5. The fourth-order valence-corrected chi connectivity index (χ4v) is 6.11. The maximum absolute atomic E-state index is 13.4. The third kappa shape index (κ3) is 4.31. The molecule has 5 rings (SSSR count). The molecule has 0 saturated carbocycles. The lowest BCUT2D eigenvalue weighted by Crippen LogP contribution is -2.27. The van der Waals surface area contributed by atoms with Crippen molar-refractivity contribution in [2.45, 2.75) is 10.3 Å². The molecule has 1 N–H and O–H groups in total. The predicted molar refractivity (Wildman–Crippen MR) is 130 cm³/mol. The Bertz CT molecular complexity index is 1460. The van der Waals surface area contributed by atoms with E-state index in [0.717, 1.165) is 16.3 Å². The van der Waals surface area contributed by atoms with Crippen molar-refractivity contribution in [3.05, 3.63) is 102 Å². The van der Waals surface area contributed by atoms with Crippen LogP contribution in [0.4, 0.5) is 15.8 Å². The van der Waals surface area contributed by atoms with E-state index in [-0.39, 0.29) is 27.7 Å². The molecule has 33 heavy (non-hydrogen) atoms. The average Bonchev–Trinajstić information content (AvgIpc) is 3.20. The largest absolute Gasteiger partial charge is 0.295 e. The third-order valence-electron chi connectivity index (χ3n) is 5.43. The number of nitrogens with zero attached hydrogens (tertiary/aromatic N) is 1.